The summed E-state index contributed by atoms with van der Waals surface area (Å²) in [6.07, 6.45) is 5.05. The molecular formula is C17H17NO4. The number of ether oxygens (including phenoxy) is 3. The lowest BCUT2D eigenvalue weighted by Gasteiger charge is -2.44. The summed E-state index contributed by atoms with van der Waals surface area (Å²) in [6, 6.07) is 4.24. The molecule has 1 aromatic rings. The molecule has 1 saturated heterocycles. The van der Waals surface area contributed by atoms with Crippen LogP contribution in [0.15, 0.2) is 24.3 Å². The van der Waals surface area contributed by atoms with Crippen LogP contribution >= 0.6 is 0 Å². The number of benzene rings is 1. The lowest BCUT2D eigenvalue weighted by atomic mass is 9.66. The first-order valence-corrected chi connectivity index (χ1v) is 7.65. The minimum absolute atomic E-state index is 0.0853. The van der Waals surface area contributed by atoms with Crippen molar-refractivity contribution in [3.05, 3.63) is 35.4 Å². The first-order chi connectivity index (χ1) is 10.7. The van der Waals surface area contributed by atoms with E-state index in [2.05, 4.69) is 11.0 Å². The third-order valence-corrected chi connectivity index (χ3v) is 5.52. The second kappa shape index (κ2) is 4.12. The highest BCUT2D eigenvalue weighted by Gasteiger charge is 2.58. The molecule has 5 rings (SSSR count). The van der Waals surface area contributed by atoms with E-state index >= 15 is 0 Å². The van der Waals surface area contributed by atoms with Gasteiger partial charge in [-0.15, -0.1) is 0 Å². The van der Waals surface area contributed by atoms with E-state index in [0.717, 1.165) is 30.0 Å². The molecule has 114 valence electrons. The Kier molecular flexibility index (Phi) is 2.37. The van der Waals surface area contributed by atoms with Crippen molar-refractivity contribution in [2.45, 2.75) is 30.5 Å². The third-order valence-electron chi connectivity index (χ3n) is 5.52. The average molecular weight is 299 g/mol. The normalized spacial score (nSPS) is 37.1. The number of fused-ring (bicyclic) bond motifs is 2. The smallest absolute Gasteiger partial charge is 0.231 e. The zero-order chi connectivity index (χ0) is 14.9. The molecule has 4 aliphatic rings. The molecule has 3 aliphatic heterocycles. The van der Waals surface area contributed by atoms with E-state index in [0.29, 0.717) is 6.54 Å². The lowest BCUT2D eigenvalue weighted by molar-refractivity contribution is -0.120. The van der Waals surface area contributed by atoms with Gasteiger partial charge >= 0.3 is 0 Å². The topological polar surface area (TPSA) is 48.0 Å². The van der Waals surface area contributed by atoms with Crippen molar-refractivity contribution in [1.82, 2.24) is 4.90 Å². The highest BCUT2D eigenvalue weighted by molar-refractivity contribution is 5.98. The first-order valence-electron chi connectivity index (χ1n) is 7.65. The van der Waals surface area contributed by atoms with Crippen LogP contribution in [0.1, 0.15) is 17.5 Å². The molecule has 2 bridgehead atoms. The average Bonchev–Trinajstić information content (AvgIpc) is 3.06. The summed E-state index contributed by atoms with van der Waals surface area (Å²) < 4.78 is 16.5. The highest BCUT2D eigenvalue weighted by atomic mass is 16.7. The van der Waals surface area contributed by atoms with Gasteiger partial charge in [-0.3, -0.25) is 9.69 Å². The van der Waals surface area contributed by atoms with Crippen LogP contribution in [0, 0.1) is 0 Å². The van der Waals surface area contributed by atoms with Gasteiger partial charge in [0.1, 0.15) is 0 Å². The van der Waals surface area contributed by atoms with Crippen molar-refractivity contribution in [1.29, 1.82) is 0 Å². The maximum atomic E-state index is 12.9. The summed E-state index contributed by atoms with van der Waals surface area (Å²) in [7, 11) is 1.72. The number of carbonyl (C=O) groups excluding carboxylic acids is 1. The minimum atomic E-state index is -0.538. The van der Waals surface area contributed by atoms with Gasteiger partial charge in [-0.25, -0.2) is 0 Å². The Bertz CT molecular complexity index is 713. The van der Waals surface area contributed by atoms with Gasteiger partial charge in [-0.2, -0.15) is 0 Å². The molecule has 1 aliphatic carbocycles. The van der Waals surface area contributed by atoms with E-state index in [1.54, 1.807) is 7.11 Å². The van der Waals surface area contributed by atoms with Crippen LogP contribution in [-0.2, 0) is 21.5 Å². The van der Waals surface area contributed by atoms with Crippen LogP contribution in [0.2, 0.25) is 0 Å². The number of hydrogen-bond acceptors (Lipinski definition) is 5. The number of carbonyl (C=O) groups is 1. The molecule has 5 heteroatoms. The second-order valence-corrected chi connectivity index (χ2v) is 6.44. The predicted octanol–water partition coefficient (Wildman–Crippen LogP) is 1.39. The van der Waals surface area contributed by atoms with E-state index in [1.807, 2.05) is 18.2 Å². The Balaban J connectivity index is 1.73. The number of methoxy groups -OCH3 is 1. The summed E-state index contributed by atoms with van der Waals surface area (Å²) >= 11 is 0. The maximum Gasteiger partial charge on any atom is 0.231 e. The van der Waals surface area contributed by atoms with Gasteiger partial charge in [-0.05, 0) is 29.7 Å². The fourth-order valence-corrected chi connectivity index (χ4v) is 4.48. The van der Waals surface area contributed by atoms with Crippen LogP contribution in [0.4, 0.5) is 0 Å². The number of Topliss-reactive ketones (excluding diaryl/α,β-unsaturated/α-hetero) is 1. The highest BCUT2D eigenvalue weighted by Crippen LogP contribution is 2.52. The Labute approximate surface area is 128 Å². The zero-order valence-electron chi connectivity index (χ0n) is 12.4. The Hall–Kier alpha value is -1.85. The van der Waals surface area contributed by atoms with Crippen molar-refractivity contribution in [2.24, 2.45) is 0 Å². The van der Waals surface area contributed by atoms with E-state index in [-0.39, 0.29) is 24.7 Å². The van der Waals surface area contributed by atoms with Crippen LogP contribution < -0.4 is 9.47 Å². The standard InChI is InChI=1S/C17H17NO4/c1-20-11-2-3-17-12-6-14-13(21-9-22-14)4-10(12)7-18(8-16(17)19)15(17)5-11/h2-4,6,11,15H,5,7-9H2,1H3. The van der Waals surface area contributed by atoms with Gasteiger partial charge < -0.3 is 14.2 Å². The molecular weight excluding hydrogens is 282 g/mol. The molecule has 0 saturated carbocycles. The van der Waals surface area contributed by atoms with Crippen molar-refractivity contribution in [2.75, 3.05) is 20.4 Å². The molecule has 22 heavy (non-hydrogen) atoms. The maximum absolute atomic E-state index is 12.9. The summed E-state index contributed by atoms with van der Waals surface area (Å²) in [6.45, 7) is 1.55. The van der Waals surface area contributed by atoms with Gasteiger partial charge in [0.25, 0.3) is 0 Å². The van der Waals surface area contributed by atoms with Crippen LogP contribution in [0.25, 0.3) is 0 Å². The van der Waals surface area contributed by atoms with Gasteiger partial charge in [-0.1, -0.05) is 12.2 Å². The summed E-state index contributed by atoms with van der Waals surface area (Å²) in [4.78, 5) is 15.1. The number of nitrogens with zero attached hydrogens (tertiary/aromatic N) is 1. The molecule has 0 radical (unpaired) electrons. The molecule has 4 unspecified atom stereocenters. The summed E-state index contributed by atoms with van der Waals surface area (Å²) in [5.41, 5.74) is 1.72. The Morgan fingerprint density at radius 2 is 2.09 bits per heavy atom. The van der Waals surface area contributed by atoms with Gasteiger partial charge in [0.05, 0.1) is 18.1 Å². The van der Waals surface area contributed by atoms with Crippen molar-refractivity contribution < 1.29 is 19.0 Å². The molecule has 1 fully saturated rings. The molecule has 4 atom stereocenters. The van der Waals surface area contributed by atoms with Crippen LogP contribution in [-0.4, -0.2) is 43.3 Å². The molecule has 0 amide bonds. The zero-order valence-corrected chi connectivity index (χ0v) is 12.4. The molecule has 5 nitrogen and oxygen atoms in total. The van der Waals surface area contributed by atoms with E-state index in [1.165, 1.54) is 5.56 Å². The summed E-state index contributed by atoms with van der Waals surface area (Å²) in [5.74, 6) is 1.82. The van der Waals surface area contributed by atoms with Crippen LogP contribution in [0.3, 0.4) is 0 Å². The molecule has 1 aromatic carbocycles. The minimum Gasteiger partial charge on any atom is -0.454 e. The van der Waals surface area contributed by atoms with Gasteiger partial charge in [0.15, 0.2) is 17.3 Å². The van der Waals surface area contributed by atoms with Gasteiger partial charge in [0, 0.05) is 19.7 Å². The first kappa shape index (κ1) is 12.7. The summed E-state index contributed by atoms with van der Waals surface area (Å²) in [5, 5.41) is 0. The molecule has 0 spiro atoms. The van der Waals surface area contributed by atoms with Crippen LogP contribution in [0.5, 0.6) is 11.5 Å². The fourth-order valence-electron chi connectivity index (χ4n) is 4.48. The monoisotopic (exact) mass is 299 g/mol. The SMILES string of the molecule is COC1C=CC23C(=O)CN(Cc4cc5c(cc42)OCO5)C3C1. The predicted molar refractivity (Wildman–Crippen MR) is 78.0 cm³/mol. The molecule has 0 aromatic heterocycles. The van der Waals surface area contributed by atoms with Gasteiger partial charge in [0.2, 0.25) is 6.79 Å². The van der Waals surface area contributed by atoms with E-state index in [9.17, 15) is 4.79 Å². The fraction of sp³-hybridized carbons (Fsp3) is 0.471. The number of hydrogen-bond donors (Lipinski definition) is 0. The van der Waals surface area contributed by atoms with Crippen molar-refractivity contribution >= 4 is 5.78 Å². The lowest BCUT2D eigenvalue weighted by Crippen LogP contribution is -2.51. The second-order valence-electron chi connectivity index (χ2n) is 6.44. The van der Waals surface area contributed by atoms with Crippen molar-refractivity contribution in [3.63, 3.8) is 0 Å². The van der Waals surface area contributed by atoms with Crippen molar-refractivity contribution in [3.8, 4) is 11.5 Å². The largest absolute Gasteiger partial charge is 0.454 e. The van der Waals surface area contributed by atoms with E-state index < -0.39 is 5.41 Å². The number of rotatable bonds is 1. The quantitative estimate of drug-likeness (QED) is 0.734. The Morgan fingerprint density at radius 1 is 1.27 bits per heavy atom. The van der Waals surface area contributed by atoms with E-state index in [4.69, 9.17) is 14.2 Å². The number of ketones is 1. The molecule has 0 N–H and O–H groups in total. The Morgan fingerprint density at radius 3 is 2.91 bits per heavy atom. The third kappa shape index (κ3) is 1.38. The molecule has 3 heterocycles.